The van der Waals surface area contributed by atoms with Gasteiger partial charge < -0.3 is 15.2 Å². The lowest BCUT2D eigenvalue weighted by Gasteiger charge is -2.14. The van der Waals surface area contributed by atoms with Gasteiger partial charge in [-0.15, -0.1) is 0 Å². The van der Waals surface area contributed by atoms with Crippen molar-refractivity contribution in [3.05, 3.63) is 42.5 Å². The highest BCUT2D eigenvalue weighted by Gasteiger charge is 2.05. The Morgan fingerprint density at radius 3 is 2.65 bits per heavy atom. The molecule has 0 saturated carbocycles. The van der Waals surface area contributed by atoms with Gasteiger partial charge >= 0.3 is 0 Å². The molecule has 0 heterocycles. The Hall–Kier alpha value is -1.58. The third-order valence-corrected chi connectivity index (χ3v) is 2.80. The second-order valence-electron chi connectivity index (χ2n) is 3.99. The Balaban J connectivity index is 2.09. The molecule has 0 fully saturated rings. The number of likely N-dealkylation sites (N-methyl/N-ethyl adjacent to an activating group) is 1. The minimum atomic E-state index is -0.0264. The van der Waals surface area contributed by atoms with Crippen molar-refractivity contribution in [2.75, 3.05) is 20.3 Å². The summed E-state index contributed by atoms with van der Waals surface area (Å²) < 4.78 is 5.64. The van der Waals surface area contributed by atoms with Gasteiger partial charge in [-0.05, 0) is 30.0 Å². The first-order valence-electron chi connectivity index (χ1n) is 5.73. The lowest BCUT2D eigenvalue weighted by atomic mass is 10.1. The van der Waals surface area contributed by atoms with E-state index in [2.05, 4.69) is 17.4 Å². The van der Waals surface area contributed by atoms with Crippen molar-refractivity contribution in [3.8, 4) is 5.75 Å². The van der Waals surface area contributed by atoms with Gasteiger partial charge in [0.1, 0.15) is 12.4 Å². The Bertz CT molecular complexity index is 480. The quantitative estimate of drug-likeness (QED) is 0.824. The summed E-state index contributed by atoms with van der Waals surface area (Å²) in [5.41, 5.74) is 0. The molecule has 90 valence electrons. The van der Waals surface area contributed by atoms with Gasteiger partial charge in [0.05, 0.1) is 12.6 Å². The highest BCUT2D eigenvalue weighted by molar-refractivity contribution is 5.83. The number of rotatable bonds is 5. The molecule has 3 nitrogen and oxygen atoms in total. The number of ether oxygens (including phenoxy) is 1. The highest BCUT2D eigenvalue weighted by atomic mass is 16.5. The van der Waals surface area contributed by atoms with Gasteiger partial charge in [-0.25, -0.2) is 0 Å². The number of fused-ring (bicyclic) bond motifs is 1. The zero-order chi connectivity index (χ0) is 12.1. The summed E-state index contributed by atoms with van der Waals surface area (Å²) in [7, 11) is 1.81. The molecule has 0 aliphatic heterocycles. The van der Waals surface area contributed by atoms with E-state index in [1.54, 1.807) is 0 Å². The van der Waals surface area contributed by atoms with E-state index in [9.17, 15) is 0 Å². The van der Waals surface area contributed by atoms with E-state index < -0.39 is 0 Å². The van der Waals surface area contributed by atoms with Crippen LogP contribution >= 0.6 is 0 Å². The van der Waals surface area contributed by atoms with E-state index in [-0.39, 0.29) is 12.6 Å². The van der Waals surface area contributed by atoms with Gasteiger partial charge in [-0.1, -0.05) is 30.3 Å². The fourth-order valence-corrected chi connectivity index (χ4v) is 1.68. The molecule has 0 aliphatic carbocycles. The summed E-state index contributed by atoms with van der Waals surface area (Å²) >= 11 is 0. The lowest BCUT2D eigenvalue weighted by Crippen LogP contribution is -2.34. The predicted octanol–water partition coefficient (Wildman–Crippen LogP) is 1.80. The highest BCUT2D eigenvalue weighted by Crippen LogP contribution is 2.20. The summed E-state index contributed by atoms with van der Waals surface area (Å²) in [6, 6.07) is 14.1. The minimum Gasteiger partial charge on any atom is -0.492 e. The molecule has 2 aromatic rings. The summed E-state index contributed by atoms with van der Waals surface area (Å²) in [6.45, 7) is 0.537. The molecule has 0 amide bonds. The van der Waals surface area contributed by atoms with Crippen LogP contribution in [0, 0.1) is 0 Å². The first kappa shape index (κ1) is 11.9. The molecule has 2 rings (SSSR count). The Labute approximate surface area is 101 Å². The number of benzene rings is 2. The standard InChI is InChI=1S/C14H17NO2/c1-15-13(9-16)10-17-14-7-6-11-4-2-3-5-12(11)8-14/h2-8,13,15-16H,9-10H2,1H3. The van der Waals surface area contributed by atoms with Gasteiger partial charge in [-0.3, -0.25) is 0 Å². The van der Waals surface area contributed by atoms with Gasteiger partial charge in [0, 0.05) is 0 Å². The molecule has 0 aliphatic rings. The number of hydrogen-bond donors (Lipinski definition) is 2. The van der Waals surface area contributed by atoms with Crippen LogP contribution in [0.2, 0.25) is 0 Å². The molecule has 1 atom stereocenters. The van der Waals surface area contributed by atoms with E-state index in [1.807, 2.05) is 37.4 Å². The SMILES string of the molecule is CNC(CO)COc1ccc2ccccc2c1. The van der Waals surface area contributed by atoms with Gasteiger partial charge in [-0.2, -0.15) is 0 Å². The Morgan fingerprint density at radius 1 is 1.18 bits per heavy atom. The minimum absolute atomic E-state index is 0.0264. The van der Waals surface area contributed by atoms with Crippen molar-refractivity contribution < 1.29 is 9.84 Å². The fraction of sp³-hybridized carbons (Fsp3) is 0.286. The topological polar surface area (TPSA) is 41.5 Å². The largest absolute Gasteiger partial charge is 0.492 e. The maximum Gasteiger partial charge on any atom is 0.120 e. The van der Waals surface area contributed by atoms with Crippen LogP contribution in [0.4, 0.5) is 0 Å². The van der Waals surface area contributed by atoms with Crippen molar-refractivity contribution in [2.24, 2.45) is 0 Å². The van der Waals surface area contributed by atoms with Crippen LogP contribution in [0.5, 0.6) is 5.75 Å². The average Bonchev–Trinajstić information content (AvgIpc) is 2.40. The molecule has 1 unspecified atom stereocenters. The molecule has 0 saturated heterocycles. The van der Waals surface area contributed by atoms with E-state index in [0.717, 1.165) is 11.1 Å². The number of hydrogen-bond acceptors (Lipinski definition) is 3. The Morgan fingerprint density at radius 2 is 1.94 bits per heavy atom. The molecule has 0 aromatic heterocycles. The van der Waals surface area contributed by atoms with Crippen LogP contribution in [0.3, 0.4) is 0 Å². The third-order valence-electron chi connectivity index (χ3n) is 2.80. The average molecular weight is 231 g/mol. The number of nitrogens with one attached hydrogen (secondary N) is 1. The van der Waals surface area contributed by atoms with Gasteiger partial charge in [0.15, 0.2) is 0 Å². The maximum absolute atomic E-state index is 9.03. The van der Waals surface area contributed by atoms with Crippen molar-refractivity contribution in [1.29, 1.82) is 0 Å². The van der Waals surface area contributed by atoms with E-state index >= 15 is 0 Å². The summed E-state index contributed by atoms with van der Waals surface area (Å²) in [4.78, 5) is 0. The third kappa shape index (κ3) is 2.96. The van der Waals surface area contributed by atoms with E-state index in [4.69, 9.17) is 9.84 Å². The first-order valence-corrected chi connectivity index (χ1v) is 5.73. The smallest absolute Gasteiger partial charge is 0.120 e. The van der Waals surface area contributed by atoms with Crippen LogP contribution < -0.4 is 10.1 Å². The molecule has 0 bridgehead atoms. The molecule has 3 heteroatoms. The second-order valence-corrected chi connectivity index (χ2v) is 3.99. The van der Waals surface area contributed by atoms with E-state index in [0.29, 0.717) is 6.61 Å². The fourth-order valence-electron chi connectivity index (χ4n) is 1.68. The van der Waals surface area contributed by atoms with Crippen molar-refractivity contribution in [2.45, 2.75) is 6.04 Å². The van der Waals surface area contributed by atoms with Crippen LogP contribution in [0.1, 0.15) is 0 Å². The lowest BCUT2D eigenvalue weighted by molar-refractivity contribution is 0.189. The van der Waals surface area contributed by atoms with Crippen LogP contribution in [-0.2, 0) is 0 Å². The molecule has 2 aromatic carbocycles. The number of aliphatic hydroxyl groups is 1. The van der Waals surface area contributed by atoms with E-state index in [1.165, 1.54) is 5.39 Å². The monoisotopic (exact) mass is 231 g/mol. The maximum atomic E-state index is 9.03. The van der Waals surface area contributed by atoms with Crippen molar-refractivity contribution in [1.82, 2.24) is 5.32 Å². The van der Waals surface area contributed by atoms with Crippen LogP contribution in [-0.4, -0.2) is 31.4 Å². The summed E-state index contributed by atoms with van der Waals surface area (Å²) in [5, 5.41) is 14.4. The van der Waals surface area contributed by atoms with Crippen LogP contribution in [0.25, 0.3) is 10.8 Å². The molecular weight excluding hydrogens is 214 g/mol. The molecule has 0 radical (unpaired) electrons. The number of aliphatic hydroxyl groups excluding tert-OH is 1. The Kier molecular flexibility index (Phi) is 3.96. The summed E-state index contributed by atoms with van der Waals surface area (Å²) in [5.74, 6) is 0.831. The summed E-state index contributed by atoms with van der Waals surface area (Å²) in [6.07, 6.45) is 0. The first-order chi connectivity index (χ1) is 8.33. The molecule has 0 spiro atoms. The molecular formula is C14H17NO2. The second kappa shape index (κ2) is 5.66. The predicted molar refractivity (Wildman–Crippen MR) is 69.4 cm³/mol. The van der Waals surface area contributed by atoms with Crippen molar-refractivity contribution >= 4 is 10.8 Å². The zero-order valence-electron chi connectivity index (χ0n) is 9.89. The van der Waals surface area contributed by atoms with Crippen molar-refractivity contribution in [3.63, 3.8) is 0 Å². The molecule has 2 N–H and O–H groups in total. The van der Waals surface area contributed by atoms with Crippen LogP contribution in [0.15, 0.2) is 42.5 Å². The molecule has 17 heavy (non-hydrogen) atoms. The van der Waals surface area contributed by atoms with Gasteiger partial charge in [0.25, 0.3) is 0 Å². The van der Waals surface area contributed by atoms with Gasteiger partial charge in [0.2, 0.25) is 0 Å². The zero-order valence-corrected chi connectivity index (χ0v) is 9.89. The normalized spacial score (nSPS) is 12.6.